The Kier molecular flexibility index (Phi) is 2.80. The molecule has 0 unspecified atom stereocenters. The fourth-order valence-corrected chi connectivity index (χ4v) is 1.23. The van der Waals surface area contributed by atoms with Gasteiger partial charge in [0.25, 0.3) is 0 Å². The molecule has 0 aliphatic carbocycles. The van der Waals surface area contributed by atoms with Gasteiger partial charge >= 0.3 is 5.97 Å². The monoisotopic (exact) mass is 201 g/mol. The number of ether oxygens (including phenoxy) is 1. The molecule has 1 fully saturated rings. The van der Waals surface area contributed by atoms with Crippen LogP contribution in [0.25, 0.3) is 0 Å². The van der Waals surface area contributed by atoms with Gasteiger partial charge < -0.3 is 4.74 Å². The molecular formula is C9H15NO4. The number of amides is 1. The zero-order chi connectivity index (χ0) is 10.9. The Hall–Kier alpha value is -1.10. The van der Waals surface area contributed by atoms with Crippen LogP contribution in [0.1, 0.15) is 27.2 Å². The molecule has 1 N–H and O–H groups in total. The Balaban J connectivity index is 2.52. The van der Waals surface area contributed by atoms with Gasteiger partial charge in [-0.25, -0.2) is 5.06 Å². The van der Waals surface area contributed by atoms with Crippen LogP contribution in [0.4, 0.5) is 0 Å². The fourth-order valence-electron chi connectivity index (χ4n) is 1.23. The summed E-state index contributed by atoms with van der Waals surface area (Å²) >= 11 is 0. The van der Waals surface area contributed by atoms with E-state index in [1.807, 2.05) is 0 Å². The number of nitrogens with zero attached hydrogens (tertiary/aromatic N) is 1. The molecule has 80 valence electrons. The van der Waals surface area contributed by atoms with Gasteiger partial charge in [0.15, 0.2) is 0 Å². The van der Waals surface area contributed by atoms with E-state index in [9.17, 15) is 9.59 Å². The summed E-state index contributed by atoms with van der Waals surface area (Å²) in [5, 5.41) is 9.56. The summed E-state index contributed by atoms with van der Waals surface area (Å²) in [5.41, 5.74) is -0.553. The van der Waals surface area contributed by atoms with Crippen LogP contribution < -0.4 is 0 Å². The minimum Gasteiger partial charge on any atom is -0.460 e. The summed E-state index contributed by atoms with van der Waals surface area (Å²) in [7, 11) is 0. The third-order valence-corrected chi connectivity index (χ3v) is 1.84. The lowest BCUT2D eigenvalue weighted by Gasteiger charge is -2.21. The number of hydrogen-bond donors (Lipinski definition) is 1. The number of carbonyl (C=O) groups excluding carboxylic acids is 2. The number of rotatable bonds is 1. The molecule has 1 atom stereocenters. The largest absolute Gasteiger partial charge is 0.460 e. The van der Waals surface area contributed by atoms with E-state index in [-0.39, 0.29) is 13.0 Å². The minimum absolute atomic E-state index is 0.0331. The van der Waals surface area contributed by atoms with E-state index in [4.69, 9.17) is 9.94 Å². The molecule has 0 bridgehead atoms. The van der Waals surface area contributed by atoms with E-state index in [1.165, 1.54) is 0 Å². The van der Waals surface area contributed by atoms with Crippen LogP contribution in [-0.4, -0.2) is 34.3 Å². The van der Waals surface area contributed by atoms with Crippen LogP contribution in [0.3, 0.4) is 0 Å². The molecule has 1 heterocycles. The maximum Gasteiger partial charge on any atom is 0.311 e. The van der Waals surface area contributed by atoms with Crippen molar-refractivity contribution in [1.82, 2.24) is 5.06 Å². The van der Waals surface area contributed by atoms with Gasteiger partial charge in [-0.1, -0.05) is 0 Å². The van der Waals surface area contributed by atoms with Gasteiger partial charge in [0.1, 0.15) is 5.60 Å². The third-order valence-electron chi connectivity index (χ3n) is 1.84. The molecule has 1 aliphatic rings. The third kappa shape index (κ3) is 2.70. The summed E-state index contributed by atoms with van der Waals surface area (Å²) in [6, 6.07) is 0. The number of hydroxylamine groups is 2. The van der Waals surface area contributed by atoms with Crippen molar-refractivity contribution in [2.45, 2.75) is 32.8 Å². The summed E-state index contributed by atoms with van der Waals surface area (Å²) in [6.45, 7) is 5.32. The highest BCUT2D eigenvalue weighted by Crippen LogP contribution is 2.20. The molecule has 1 aliphatic heterocycles. The van der Waals surface area contributed by atoms with Crippen molar-refractivity contribution in [3.63, 3.8) is 0 Å². The molecule has 5 heteroatoms. The molecule has 1 amide bonds. The topological polar surface area (TPSA) is 66.8 Å². The van der Waals surface area contributed by atoms with Gasteiger partial charge in [-0.15, -0.1) is 0 Å². The van der Waals surface area contributed by atoms with Gasteiger partial charge in [-0.3, -0.25) is 14.8 Å². The van der Waals surface area contributed by atoms with Gasteiger partial charge in [-0.2, -0.15) is 0 Å². The number of esters is 1. The average Bonchev–Trinajstić information content (AvgIpc) is 2.28. The van der Waals surface area contributed by atoms with Crippen molar-refractivity contribution in [1.29, 1.82) is 0 Å². The molecule has 0 spiro atoms. The van der Waals surface area contributed by atoms with Gasteiger partial charge in [0.05, 0.1) is 12.5 Å². The van der Waals surface area contributed by atoms with Crippen molar-refractivity contribution < 1.29 is 19.5 Å². The van der Waals surface area contributed by atoms with Crippen molar-refractivity contribution in [2.24, 2.45) is 5.92 Å². The van der Waals surface area contributed by atoms with E-state index < -0.39 is 23.4 Å². The van der Waals surface area contributed by atoms with E-state index in [2.05, 4.69) is 0 Å². The van der Waals surface area contributed by atoms with Crippen LogP contribution in [0, 0.1) is 5.92 Å². The summed E-state index contributed by atoms with van der Waals surface area (Å²) < 4.78 is 5.09. The smallest absolute Gasteiger partial charge is 0.311 e. The number of hydrogen-bond acceptors (Lipinski definition) is 4. The first-order valence-corrected chi connectivity index (χ1v) is 4.52. The van der Waals surface area contributed by atoms with Crippen molar-refractivity contribution >= 4 is 11.9 Å². The zero-order valence-electron chi connectivity index (χ0n) is 8.61. The summed E-state index contributed by atoms with van der Waals surface area (Å²) in [4.78, 5) is 22.4. The first-order valence-electron chi connectivity index (χ1n) is 4.52. The first-order chi connectivity index (χ1) is 6.29. The van der Waals surface area contributed by atoms with Crippen LogP contribution in [-0.2, 0) is 14.3 Å². The predicted octanol–water partition coefficient (Wildman–Crippen LogP) is 0.566. The molecule has 0 aromatic rings. The average molecular weight is 201 g/mol. The SMILES string of the molecule is CC(C)(C)OC(=O)[C@@H]1CC(=O)N(O)C1. The van der Waals surface area contributed by atoms with Crippen LogP contribution in [0.2, 0.25) is 0 Å². The van der Waals surface area contributed by atoms with Crippen molar-refractivity contribution in [2.75, 3.05) is 6.54 Å². The molecule has 14 heavy (non-hydrogen) atoms. The Morgan fingerprint density at radius 2 is 2.14 bits per heavy atom. The maximum absolute atomic E-state index is 11.4. The lowest BCUT2D eigenvalue weighted by Crippen LogP contribution is -2.30. The molecule has 0 saturated carbocycles. The van der Waals surface area contributed by atoms with E-state index in [0.717, 1.165) is 0 Å². The normalized spacial score (nSPS) is 22.7. The number of carbonyl (C=O) groups is 2. The summed E-state index contributed by atoms with van der Waals surface area (Å²) in [6.07, 6.45) is 0.0331. The van der Waals surface area contributed by atoms with Crippen molar-refractivity contribution in [3.05, 3.63) is 0 Å². The van der Waals surface area contributed by atoms with Gasteiger partial charge in [0, 0.05) is 6.42 Å². The maximum atomic E-state index is 11.4. The molecule has 0 aromatic heterocycles. The predicted molar refractivity (Wildman–Crippen MR) is 47.5 cm³/mol. The molecular weight excluding hydrogens is 186 g/mol. The first kappa shape index (κ1) is 11.0. The highest BCUT2D eigenvalue weighted by molar-refractivity contribution is 5.86. The lowest BCUT2D eigenvalue weighted by molar-refractivity contribution is -0.162. The minimum atomic E-state index is -0.553. The van der Waals surface area contributed by atoms with E-state index in [0.29, 0.717) is 5.06 Å². The van der Waals surface area contributed by atoms with Crippen LogP contribution >= 0.6 is 0 Å². The second-order valence-electron chi connectivity index (χ2n) is 4.41. The molecule has 1 saturated heterocycles. The Labute approximate surface area is 82.6 Å². The van der Waals surface area contributed by atoms with Gasteiger partial charge in [0.2, 0.25) is 5.91 Å². The lowest BCUT2D eigenvalue weighted by atomic mass is 10.1. The van der Waals surface area contributed by atoms with Crippen LogP contribution in [0.5, 0.6) is 0 Å². The molecule has 0 radical (unpaired) electrons. The van der Waals surface area contributed by atoms with E-state index in [1.54, 1.807) is 20.8 Å². The standard InChI is InChI=1S/C9H15NO4/c1-9(2,3)14-8(12)6-4-7(11)10(13)5-6/h6,13H,4-5H2,1-3H3/t6-/m1/s1. The molecule has 5 nitrogen and oxygen atoms in total. The Morgan fingerprint density at radius 1 is 1.57 bits per heavy atom. The summed E-state index contributed by atoms with van der Waals surface area (Å²) in [5.74, 6) is -1.39. The quantitative estimate of drug-likeness (QED) is 0.497. The van der Waals surface area contributed by atoms with Gasteiger partial charge in [-0.05, 0) is 20.8 Å². The highest BCUT2D eigenvalue weighted by atomic mass is 16.6. The van der Waals surface area contributed by atoms with Crippen molar-refractivity contribution in [3.8, 4) is 0 Å². The Morgan fingerprint density at radius 3 is 2.50 bits per heavy atom. The fraction of sp³-hybridized carbons (Fsp3) is 0.778. The van der Waals surface area contributed by atoms with Crippen LogP contribution in [0.15, 0.2) is 0 Å². The molecule has 1 rings (SSSR count). The second kappa shape index (κ2) is 3.57. The zero-order valence-corrected chi connectivity index (χ0v) is 8.61. The Bertz CT molecular complexity index is 256. The highest BCUT2D eigenvalue weighted by Gasteiger charge is 2.36. The molecule has 0 aromatic carbocycles. The second-order valence-corrected chi connectivity index (χ2v) is 4.41. The van der Waals surface area contributed by atoms with E-state index >= 15 is 0 Å².